The molecule has 2 bridgehead atoms. The fourth-order valence-electron chi connectivity index (χ4n) is 3.56. The zero-order valence-corrected chi connectivity index (χ0v) is 11.5. The Hall–Kier alpha value is -1.75. The lowest BCUT2D eigenvalue weighted by atomic mass is 9.99. The Morgan fingerprint density at radius 3 is 2.55 bits per heavy atom. The van der Waals surface area contributed by atoms with E-state index in [9.17, 15) is 14.9 Å². The Labute approximate surface area is 117 Å². The molecule has 2 aliphatic heterocycles. The van der Waals surface area contributed by atoms with Gasteiger partial charge < -0.3 is 0 Å². The molecule has 1 aromatic rings. The van der Waals surface area contributed by atoms with Gasteiger partial charge >= 0.3 is 0 Å². The molecule has 20 heavy (non-hydrogen) atoms. The molecular weight excluding hydrogens is 256 g/mol. The van der Waals surface area contributed by atoms with E-state index in [2.05, 4.69) is 4.90 Å². The Morgan fingerprint density at radius 2 is 1.95 bits per heavy atom. The van der Waals surface area contributed by atoms with E-state index >= 15 is 0 Å². The molecule has 2 unspecified atom stereocenters. The molecule has 0 spiro atoms. The van der Waals surface area contributed by atoms with Gasteiger partial charge in [0.2, 0.25) is 0 Å². The van der Waals surface area contributed by atoms with Gasteiger partial charge in [0.15, 0.2) is 0 Å². The highest BCUT2D eigenvalue weighted by atomic mass is 16.6. The van der Waals surface area contributed by atoms with E-state index in [0.717, 1.165) is 30.5 Å². The third-order valence-electron chi connectivity index (χ3n) is 4.66. The van der Waals surface area contributed by atoms with E-state index in [1.165, 1.54) is 0 Å². The average molecular weight is 274 g/mol. The number of hydrogen-bond acceptors (Lipinski definition) is 4. The number of rotatable bonds is 3. The van der Waals surface area contributed by atoms with Crippen molar-refractivity contribution in [3.63, 3.8) is 0 Å². The van der Waals surface area contributed by atoms with Gasteiger partial charge in [0, 0.05) is 43.1 Å². The van der Waals surface area contributed by atoms with Gasteiger partial charge in [-0.3, -0.25) is 19.8 Å². The van der Waals surface area contributed by atoms with Gasteiger partial charge in [0.1, 0.15) is 5.78 Å². The summed E-state index contributed by atoms with van der Waals surface area (Å²) in [5.41, 5.74) is 1.93. The summed E-state index contributed by atoms with van der Waals surface area (Å²) in [5, 5.41) is 11.0. The first-order valence-corrected chi connectivity index (χ1v) is 7.06. The van der Waals surface area contributed by atoms with Crippen LogP contribution in [0.25, 0.3) is 0 Å². The normalized spacial score (nSPS) is 25.9. The Kier molecular flexibility index (Phi) is 3.30. The maximum absolute atomic E-state index is 11.6. The standard InChI is InChI=1S/C15H18N2O3/c1-10-11(3-2-4-15(10)17(19)20)9-16-12-5-6-13(16)8-14(18)7-12/h2-4,12-13H,5-9H2,1H3. The fourth-order valence-corrected chi connectivity index (χ4v) is 3.56. The highest BCUT2D eigenvalue weighted by Gasteiger charge is 2.40. The van der Waals surface area contributed by atoms with E-state index in [1.807, 2.05) is 13.0 Å². The molecule has 2 atom stereocenters. The molecule has 2 aliphatic rings. The molecule has 2 heterocycles. The number of hydrogen-bond donors (Lipinski definition) is 0. The molecule has 0 amide bonds. The number of nitro groups is 1. The molecule has 0 radical (unpaired) electrons. The van der Waals surface area contributed by atoms with Gasteiger partial charge in [0.25, 0.3) is 5.69 Å². The topological polar surface area (TPSA) is 63.5 Å². The lowest BCUT2D eigenvalue weighted by molar-refractivity contribution is -0.385. The molecule has 0 aromatic heterocycles. The van der Waals surface area contributed by atoms with Crippen molar-refractivity contribution in [2.24, 2.45) is 0 Å². The van der Waals surface area contributed by atoms with Crippen LogP contribution in [0.15, 0.2) is 18.2 Å². The number of carbonyl (C=O) groups excluding carboxylic acids is 1. The predicted octanol–water partition coefficient (Wildman–Crippen LogP) is 2.60. The van der Waals surface area contributed by atoms with E-state index < -0.39 is 0 Å². The summed E-state index contributed by atoms with van der Waals surface area (Å²) in [5.74, 6) is 0.365. The third-order valence-corrected chi connectivity index (χ3v) is 4.66. The monoisotopic (exact) mass is 274 g/mol. The number of carbonyl (C=O) groups is 1. The van der Waals surface area contributed by atoms with E-state index in [0.29, 0.717) is 30.7 Å². The molecule has 0 N–H and O–H groups in total. The number of piperidine rings is 1. The van der Waals surface area contributed by atoms with Crippen LogP contribution in [-0.2, 0) is 11.3 Å². The molecule has 5 nitrogen and oxygen atoms in total. The predicted molar refractivity (Wildman–Crippen MR) is 74.4 cm³/mol. The van der Waals surface area contributed by atoms with Crippen LogP contribution in [0.1, 0.15) is 36.8 Å². The van der Waals surface area contributed by atoms with Crippen LogP contribution in [0.5, 0.6) is 0 Å². The summed E-state index contributed by atoms with van der Waals surface area (Å²) in [6.45, 7) is 2.53. The summed E-state index contributed by atoms with van der Waals surface area (Å²) in [6, 6.07) is 5.92. The zero-order chi connectivity index (χ0) is 14.3. The first-order chi connectivity index (χ1) is 9.56. The molecular formula is C15H18N2O3. The SMILES string of the molecule is Cc1c(CN2C3CCC2CC(=O)C3)cccc1[N+](=O)[O-]. The van der Waals surface area contributed by atoms with Crippen LogP contribution in [0.4, 0.5) is 5.69 Å². The second-order valence-electron chi connectivity index (χ2n) is 5.82. The van der Waals surface area contributed by atoms with Gasteiger partial charge in [0.05, 0.1) is 4.92 Å². The van der Waals surface area contributed by atoms with Crippen molar-refractivity contribution in [3.05, 3.63) is 39.4 Å². The van der Waals surface area contributed by atoms with Crippen LogP contribution in [0.3, 0.4) is 0 Å². The maximum atomic E-state index is 11.6. The number of Topliss-reactive ketones (excluding diaryl/α,β-unsaturated/α-hetero) is 1. The number of nitrogens with zero attached hydrogens (tertiary/aromatic N) is 2. The van der Waals surface area contributed by atoms with Crippen LogP contribution >= 0.6 is 0 Å². The first kappa shape index (κ1) is 13.2. The first-order valence-electron chi connectivity index (χ1n) is 7.06. The van der Waals surface area contributed by atoms with Gasteiger partial charge in [-0.15, -0.1) is 0 Å². The minimum atomic E-state index is -0.326. The molecule has 2 fully saturated rings. The van der Waals surface area contributed by atoms with Crippen molar-refractivity contribution in [1.82, 2.24) is 4.90 Å². The summed E-state index contributed by atoms with van der Waals surface area (Å²) in [4.78, 5) is 24.7. The van der Waals surface area contributed by atoms with Crippen molar-refractivity contribution in [1.29, 1.82) is 0 Å². The Bertz CT molecular complexity index is 554. The average Bonchev–Trinajstić information content (AvgIpc) is 2.64. The fraction of sp³-hybridized carbons (Fsp3) is 0.533. The quantitative estimate of drug-likeness (QED) is 0.628. The molecule has 3 rings (SSSR count). The van der Waals surface area contributed by atoms with Crippen molar-refractivity contribution >= 4 is 11.5 Å². The number of benzene rings is 1. The Morgan fingerprint density at radius 1 is 1.30 bits per heavy atom. The molecule has 2 saturated heterocycles. The number of nitro benzene ring substituents is 1. The van der Waals surface area contributed by atoms with Crippen LogP contribution in [-0.4, -0.2) is 27.7 Å². The molecule has 0 saturated carbocycles. The Balaban J connectivity index is 1.84. The van der Waals surface area contributed by atoms with Crippen molar-refractivity contribution in [2.75, 3.05) is 0 Å². The summed E-state index contributed by atoms with van der Waals surface area (Å²) >= 11 is 0. The lowest BCUT2D eigenvalue weighted by Crippen LogP contribution is -2.42. The van der Waals surface area contributed by atoms with Crippen molar-refractivity contribution in [3.8, 4) is 0 Å². The summed E-state index contributed by atoms with van der Waals surface area (Å²) in [6.07, 6.45) is 3.43. The molecule has 5 heteroatoms. The third kappa shape index (κ3) is 2.22. The van der Waals surface area contributed by atoms with Crippen LogP contribution < -0.4 is 0 Å². The van der Waals surface area contributed by atoms with E-state index in [4.69, 9.17) is 0 Å². The second kappa shape index (κ2) is 4.98. The van der Waals surface area contributed by atoms with Crippen molar-refractivity contribution in [2.45, 2.75) is 51.2 Å². The highest BCUT2D eigenvalue weighted by Crippen LogP contribution is 2.36. The number of ketones is 1. The minimum absolute atomic E-state index is 0.183. The molecule has 1 aromatic carbocycles. The van der Waals surface area contributed by atoms with E-state index in [-0.39, 0.29) is 10.6 Å². The molecule has 106 valence electrons. The molecule has 0 aliphatic carbocycles. The zero-order valence-electron chi connectivity index (χ0n) is 11.5. The number of fused-ring (bicyclic) bond motifs is 2. The van der Waals surface area contributed by atoms with Crippen molar-refractivity contribution < 1.29 is 9.72 Å². The maximum Gasteiger partial charge on any atom is 0.272 e. The van der Waals surface area contributed by atoms with Gasteiger partial charge in [-0.25, -0.2) is 0 Å². The largest absolute Gasteiger partial charge is 0.300 e. The smallest absolute Gasteiger partial charge is 0.272 e. The lowest BCUT2D eigenvalue weighted by Gasteiger charge is -2.34. The van der Waals surface area contributed by atoms with Gasteiger partial charge in [-0.1, -0.05) is 12.1 Å². The summed E-state index contributed by atoms with van der Waals surface area (Å²) < 4.78 is 0. The van der Waals surface area contributed by atoms with Crippen LogP contribution in [0, 0.1) is 17.0 Å². The van der Waals surface area contributed by atoms with Gasteiger partial charge in [-0.05, 0) is 25.3 Å². The summed E-state index contributed by atoms with van der Waals surface area (Å²) in [7, 11) is 0. The second-order valence-corrected chi connectivity index (χ2v) is 5.82. The van der Waals surface area contributed by atoms with Crippen LogP contribution in [0.2, 0.25) is 0 Å². The minimum Gasteiger partial charge on any atom is -0.300 e. The van der Waals surface area contributed by atoms with E-state index in [1.54, 1.807) is 12.1 Å². The van der Waals surface area contributed by atoms with Gasteiger partial charge in [-0.2, -0.15) is 0 Å². The highest BCUT2D eigenvalue weighted by molar-refractivity contribution is 5.81.